The number of nitrogens with one attached hydrogen (secondary N) is 2. The number of thiophene rings is 1. The van der Waals surface area contributed by atoms with Crippen LogP contribution in [0, 0.1) is 6.92 Å². The molecule has 0 unspecified atom stereocenters. The molecule has 0 aliphatic heterocycles. The monoisotopic (exact) mass is 412 g/mol. The smallest absolute Gasteiger partial charge is 0.261 e. The SMILES string of the molecule is Cc1cc(NC(=O)c2ccccc2Cl)sc1C(=O)NC[C@H](C)c1ccccc1. The molecule has 0 aliphatic carbocycles. The number of hydrogen-bond donors (Lipinski definition) is 2. The van der Waals surface area contributed by atoms with Crippen molar-refractivity contribution in [2.24, 2.45) is 0 Å². The largest absolute Gasteiger partial charge is 0.351 e. The highest BCUT2D eigenvalue weighted by atomic mass is 35.5. The van der Waals surface area contributed by atoms with Crippen LogP contribution >= 0.6 is 22.9 Å². The zero-order valence-electron chi connectivity index (χ0n) is 15.7. The maximum Gasteiger partial charge on any atom is 0.261 e. The Morgan fingerprint density at radius 3 is 2.43 bits per heavy atom. The average molecular weight is 413 g/mol. The molecule has 28 heavy (non-hydrogen) atoms. The number of rotatable bonds is 6. The van der Waals surface area contributed by atoms with Gasteiger partial charge in [-0.3, -0.25) is 9.59 Å². The van der Waals surface area contributed by atoms with Crippen LogP contribution in [0.1, 0.15) is 44.0 Å². The van der Waals surface area contributed by atoms with E-state index in [1.807, 2.05) is 25.1 Å². The summed E-state index contributed by atoms with van der Waals surface area (Å²) >= 11 is 7.33. The molecule has 2 N–H and O–H groups in total. The van der Waals surface area contributed by atoms with Crippen molar-refractivity contribution < 1.29 is 9.59 Å². The van der Waals surface area contributed by atoms with E-state index in [0.717, 1.165) is 5.56 Å². The molecule has 0 saturated carbocycles. The number of carbonyl (C=O) groups excluding carboxylic acids is 2. The first-order chi connectivity index (χ1) is 13.5. The number of carbonyl (C=O) groups is 2. The van der Waals surface area contributed by atoms with Crippen molar-refractivity contribution in [3.63, 3.8) is 0 Å². The van der Waals surface area contributed by atoms with Gasteiger partial charge in [0.1, 0.15) is 0 Å². The van der Waals surface area contributed by atoms with Crippen LogP contribution in [0.3, 0.4) is 0 Å². The van der Waals surface area contributed by atoms with Gasteiger partial charge >= 0.3 is 0 Å². The van der Waals surface area contributed by atoms with E-state index in [4.69, 9.17) is 11.6 Å². The van der Waals surface area contributed by atoms with E-state index < -0.39 is 0 Å². The van der Waals surface area contributed by atoms with Crippen LogP contribution in [0.15, 0.2) is 60.7 Å². The van der Waals surface area contributed by atoms with E-state index in [0.29, 0.717) is 27.0 Å². The Kier molecular flexibility index (Phi) is 6.49. The average Bonchev–Trinajstić information content (AvgIpc) is 3.06. The fourth-order valence-electron chi connectivity index (χ4n) is 2.82. The molecule has 1 aromatic heterocycles. The van der Waals surface area contributed by atoms with Gasteiger partial charge < -0.3 is 10.6 Å². The summed E-state index contributed by atoms with van der Waals surface area (Å²) in [6.07, 6.45) is 0. The summed E-state index contributed by atoms with van der Waals surface area (Å²) in [5, 5.41) is 6.81. The number of anilines is 1. The molecule has 0 radical (unpaired) electrons. The molecule has 1 heterocycles. The standard InChI is InChI=1S/C22H21ClN2O2S/c1-14-12-19(25-21(26)17-10-6-7-11-18(17)23)28-20(14)22(27)24-13-15(2)16-8-4-3-5-9-16/h3-12,15H,13H2,1-2H3,(H,24,27)(H,25,26)/t15-/m0/s1. The van der Waals surface area contributed by atoms with Crippen molar-refractivity contribution in [3.05, 3.63) is 87.3 Å². The minimum atomic E-state index is -0.295. The summed E-state index contributed by atoms with van der Waals surface area (Å²) in [6.45, 7) is 4.48. The quantitative estimate of drug-likeness (QED) is 0.562. The molecule has 0 aliphatic rings. The second-order valence-electron chi connectivity index (χ2n) is 6.58. The van der Waals surface area contributed by atoms with Crippen molar-refractivity contribution >= 4 is 39.8 Å². The molecule has 0 fully saturated rings. The van der Waals surface area contributed by atoms with Gasteiger partial charge in [0.25, 0.3) is 11.8 Å². The maximum absolute atomic E-state index is 12.6. The Balaban J connectivity index is 1.64. The molecule has 4 nitrogen and oxygen atoms in total. The minimum Gasteiger partial charge on any atom is -0.351 e. The Hall–Kier alpha value is -2.63. The predicted molar refractivity (Wildman–Crippen MR) is 116 cm³/mol. The topological polar surface area (TPSA) is 58.2 Å². The summed E-state index contributed by atoms with van der Waals surface area (Å²) in [4.78, 5) is 25.6. The Bertz CT molecular complexity index is 985. The van der Waals surface area contributed by atoms with Gasteiger partial charge in [0.15, 0.2) is 0 Å². The van der Waals surface area contributed by atoms with Crippen molar-refractivity contribution in [1.29, 1.82) is 0 Å². The normalized spacial score (nSPS) is 11.7. The van der Waals surface area contributed by atoms with E-state index in [9.17, 15) is 9.59 Å². The Morgan fingerprint density at radius 2 is 1.71 bits per heavy atom. The van der Waals surface area contributed by atoms with Gasteiger partial charge in [0.05, 0.1) is 20.5 Å². The first-order valence-corrected chi connectivity index (χ1v) is 10.1. The summed E-state index contributed by atoms with van der Waals surface area (Å²) in [7, 11) is 0. The lowest BCUT2D eigenvalue weighted by Crippen LogP contribution is -2.27. The van der Waals surface area contributed by atoms with E-state index in [-0.39, 0.29) is 17.7 Å². The molecular formula is C22H21ClN2O2S. The maximum atomic E-state index is 12.6. The van der Waals surface area contributed by atoms with Crippen molar-refractivity contribution in [3.8, 4) is 0 Å². The third-order valence-electron chi connectivity index (χ3n) is 4.42. The van der Waals surface area contributed by atoms with Crippen LogP contribution in [0.25, 0.3) is 0 Å². The molecule has 2 aromatic carbocycles. The molecule has 3 aromatic rings. The summed E-state index contributed by atoms with van der Waals surface area (Å²) in [5.41, 5.74) is 2.40. The zero-order valence-corrected chi connectivity index (χ0v) is 17.2. The second kappa shape index (κ2) is 9.04. The number of benzene rings is 2. The van der Waals surface area contributed by atoms with Crippen LogP contribution in [-0.4, -0.2) is 18.4 Å². The Labute approximate surface area is 173 Å². The van der Waals surface area contributed by atoms with Crippen LogP contribution in [0.5, 0.6) is 0 Å². The zero-order chi connectivity index (χ0) is 20.1. The lowest BCUT2D eigenvalue weighted by atomic mass is 10.0. The number of amides is 2. The highest BCUT2D eigenvalue weighted by molar-refractivity contribution is 7.18. The van der Waals surface area contributed by atoms with E-state index in [2.05, 4.69) is 29.7 Å². The first kappa shape index (κ1) is 20.1. The van der Waals surface area contributed by atoms with Crippen LogP contribution in [0.2, 0.25) is 5.02 Å². The van der Waals surface area contributed by atoms with Gasteiger partial charge in [-0.1, -0.05) is 61.0 Å². The van der Waals surface area contributed by atoms with Crippen LogP contribution < -0.4 is 10.6 Å². The second-order valence-corrected chi connectivity index (χ2v) is 8.04. The lowest BCUT2D eigenvalue weighted by molar-refractivity contribution is 0.0954. The fraction of sp³-hybridized carbons (Fsp3) is 0.182. The molecule has 0 saturated heterocycles. The molecule has 0 spiro atoms. The van der Waals surface area contributed by atoms with Gasteiger partial charge in [-0.05, 0) is 42.2 Å². The minimum absolute atomic E-state index is 0.136. The van der Waals surface area contributed by atoms with Gasteiger partial charge in [0, 0.05) is 6.54 Å². The molecule has 1 atom stereocenters. The number of hydrogen-bond acceptors (Lipinski definition) is 3. The molecule has 2 amide bonds. The Morgan fingerprint density at radius 1 is 1.04 bits per heavy atom. The lowest BCUT2D eigenvalue weighted by Gasteiger charge is -2.12. The van der Waals surface area contributed by atoms with Crippen molar-refractivity contribution in [2.45, 2.75) is 19.8 Å². The third kappa shape index (κ3) is 4.80. The number of aryl methyl sites for hydroxylation is 1. The first-order valence-electron chi connectivity index (χ1n) is 8.95. The number of halogens is 1. The fourth-order valence-corrected chi connectivity index (χ4v) is 4.02. The van der Waals surface area contributed by atoms with Gasteiger partial charge in [-0.15, -0.1) is 11.3 Å². The molecular weight excluding hydrogens is 392 g/mol. The highest BCUT2D eigenvalue weighted by Gasteiger charge is 2.17. The molecule has 3 rings (SSSR count). The molecule has 0 bridgehead atoms. The van der Waals surface area contributed by atoms with Crippen molar-refractivity contribution in [2.75, 3.05) is 11.9 Å². The van der Waals surface area contributed by atoms with E-state index in [1.165, 1.54) is 16.9 Å². The third-order valence-corrected chi connectivity index (χ3v) is 5.90. The molecule has 144 valence electrons. The molecule has 6 heteroatoms. The predicted octanol–water partition coefficient (Wildman–Crippen LogP) is 5.50. The van der Waals surface area contributed by atoms with Crippen molar-refractivity contribution in [1.82, 2.24) is 5.32 Å². The van der Waals surface area contributed by atoms with E-state index in [1.54, 1.807) is 30.3 Å². The summed E-state index contributed by atoms with van der Waals surface area (Å²) in [5.74, 6) is -0.218. The van der Waals surface area contributed by atoms with E-state index >= 15 is 0 Å². The summed E-state index contributed by atoms with van der Waals surface area (Å²) in [6, 6.07) is 18.7. The summed E-state index contributed by atoms with van der Waals surface area (Å²) < 4.78 is 0. The highest BCUT2D eigenvalue weighted by Crippen LogP contribution is 2.28. The van der Waals surface area contributed by atoms with Crippen LogP contribution in [0.4, 0.5) is 5.00 Å². The van der Waals surface area contributed by atoms with Gasteiger partial charge in [-0.2, -0.15) is 0 Å². The van der Waals surface area contributed by atoms with Crippen LogP contribution in [-0.2, 0) is 0 Å². The van der Waals surface area contributed by atoms with Gasteiger partial charge in [0.2, 0.25) is 0 Å². The van der Waals surface area contributed by atoms with Gasteiger partial charge in [-0.25, -0.2) is 0 Å².